The smallest absolute Gasteiger partial charge is 0.410 e. The molecular formula is C29H39N5O3. The third-order valence-electron chi connectivity index (χ3n) is 7.11. The zero-order valence-electron chi connectivity index (χ0n) is 22.3. The number of piperidine rings is 1. The Hall–Kier alpha value is -3.26. The number of carbonyl (C=O) groups excluding carboxylic acids is 1. The van der Waals surface area contributed by atoms with Crippen molar-refractivity contribution < 1.29 is 14.3 Å². The quantitative estimate of drug-likeness (QED) is 0.440. The van der Waals surface area contributed by atoms with Gasteiger partial charge in [0.25, 0.3) is 0 Å². The number of hydrogen-bond donors (Lipinski definition) is 2. The first-order valence-corrected chi connectivity index (χ1v) is 13.5. The lowest BCUT2D eigenvalue weighted by Crippen LogP contribution is -2.44. The lowest BCUT2D eigenvalue weighted by atomic mass is 10.0. The highest BCUT2D eigenvalue weighted by Gasteiger charge is 2.27. The van der Waals surface area contributed by atoms with Gasteiger partial charge in [0, 0.05) is 31.1 Å². The SMILES string of the molecule is CC(C)(C)OC(=O)N1CCC(Nc2n[nH]c3cc(-c4ccc(OCCN5CCCC5)cc4)ccc23)CC1. The van der Waals surface area contributed by atoms with E-state index in [2.05, 4.69) is 50.7 Å². The summed E-state index contributed by atoms with van der Waals surface area (Å²) in [5.74, 6) is 1.77. The van der Waals surface area contributed by atoms with E-state index >= 15 is 0 Å². The van der Waals surface area contributed by atoms with Crippen molar-refractivity contribution in [1.29, 1.82) is 0 Å². The summed E-state index contributed by atoms with van der Waals surface area (Å²) in [4.78, 5) is 16.6. The molecule has 8 heteroatoms. The normalized spacial score (nSPS) is 17.3. The van der Waals surface area contributed by atoms with E-state index in [-0.39, 0.29) is 12.1 Å². The molecule has 2 aliphatic heterocycles. The fourth-order valence-corrected chi connectivity index (χ4v) is 5.08. The number of aromatic amines is 1. The molecule has 2 aromatic carbocycles. The van der Waals surface area contributed by atoms with Crippen molar-refractivity contribution in [2.24, 2.45) is 0 Å². The first-order chi connectivity index (χ1) is 17.8. The van der Waals surface area contributed by atoms with Crippen molar-refractivity contribution in [3.05, 3.63) is 42.5 Å². The Bertz CT molecular complexity index is 1190. The predicted octanol–water partition coefficient (Wildman–Crippen LogP) is 5.52. The van der Waals surface area contributed by atoms with Crippen molar-refractivity contribution >= 4 is 22.8 Å². The maximum atomic E-state index is 12.3. The fourth-order valence-electron chi connectivity index (χ4n) is 5.08. The van der Waals surface area contributed by atoms with Gasteiger partial charge in [0.2, 0.25) is 0 Å². The van der Waals surface area contributed by atoms with E-state index in [4.69, 9.17) is 9.47 Å². The van der Waals surface area contributed by atoms with Crippen LogP contribution in [0, 0.1) is 0 Å². The molecule has 0 saturated carbocycles. The molecule has 198 valence electrons. The first kappa shape index (κ1) is 25.4. The molecule has 1 aromatic heterocycles. The van der Waals surface area contributed by atoms with Crippen LogP contribution in [-0.4, -0.2) is 77.1 Å². The molecule has 5 rings (SSSR count). The maximum Gasteiger partial charge on any atom is 0.410 e. The Labute approximate surface area is 219 Å². The zero-order valence-corrected chi connectivity index (χ0v) is 22.3. The van der Waals surface area contributed by atoms with E-state index < -0.39 is 5.60 Å². The van der Waals surface area contributed by atoms with Crippen molar-refractivity contribution in [3.63, 3.8) is 0 Å². The minimum Gasteiger partial charge on any atom is -0.492 e. The van der Waals surface area contributed by atoms with Crippen molar-refractivity contribution in [2.75, 3.05) is 44.6 Å². The number of nitrogens with zero attached hydrogens (tertiary/aromatic N) is 3. The number of nitrogens with one attached hydrogen (secondary N) is 2. The van der Waals surface area contributed by atoms with Crippen LogP contribution in [0.25, 0.3) is 22.0 Å². The number of H-pyrrole nitrogens is 1. The number of amides is 1. The second-order valence-corrected chi connectivity index (χ2v) is 11.1. The minimum atomic E-state index is -0.470. The Morgan fingerprint density at radius 1 is 1.03 bits per heavy atom. The van der Waals surface area contributed by atoms with Gasteiger partial charge in [-0.3, -0.25) is 10.00 Å². The second-order valence-electron chi connectivity index (χ2n) is 11.1. The topological polar surface area (TPSA) is 82.7 Å². The lowest BCUT2D eigenvalue weighted by Gasteiger charge is -2.33. The van der Waals surface area contributed by atoms with Crippen LogP contribution >= 0.6 is 0 Å². The Balaban J connectivity index is 1.15. The molecule has 0 unspecified atom stereocenters. The molecule has 1 amide bonds. The van der Waals surface area contributed by atoms with Crippen molar-refractivity contribution in [3.8, 4) is 16.9 Å². The molecule has 37 heavy (non-hydrogen) atoms. The van der Waals surface area contributed by atoms with E-state index in [0.29, 0.717) is 13.1 Å². The highest BCUT2D eigenvalue weighted by molar-refractivity contribution is 5.92. The molecule has 0 atom stereocenters. The van der Waals surface area contributed by atoms with Gasteiger partial charge in [-0.05, 0) is 94.9 Å². The second kappa shape index (κ2) is 11.0. The van der Waals surface area contributed by atoms with Crippen LogP contribution in [0.3, 0.4) is 0 Å². The van der Waals surface area contributed by atoms with Crippen molar-refractivity contribution in [2.45, 2.75) is 58.1 Å². The van der Waals surface area contributed by atoms with E-state index in [1.54, 1.807) is 4.90 Å². The molecule has 3 heterocycles. The summed E-state index contributed by atoms with van der Waals surface area (Å²) in [5, 5.41) is 12.4. The fraction of sp³-hybridized carbons (Fsp3) is 0.517. The largest absolute Gasteiger partial charge is 0.492 e. The number of rotatable bonds is 7. The van der Waals surface area contributed by atoms with Crippen LogP contribution < -0.4 is 10.1 Å². The Kier molecular flexibility index (Phi) is 7.55. The maximum absolute atomic E-state index is 12.3. The number of likely N-dealkylation sites (tertiary alicyclic amines) is 2. The third kappa shape index (κ3) is 6.55. The highest BCUT2D eigenvalue weighted by Crippen LogP contribution is 2.29. The number of benzene rings is 2. The average Bonchev–Trinajstić information content (AvgIpc) is 3.54. The van der Waals surface area contributed by atoms with Gasteiger partial charge >= 0.3 is 6.09 Å². The summed E-state index contributed by atoms with van der Waals surface area (Å²) in [7, 11) is 0. The summed E-state index contributed by atoms with van der Waals surface area (Å²) in [6.45, 7) is 11.2. The number of fused-ring (bicyclic) bond motifs is 1. The van der Waals surface area contributed by atoms with Crippen LogP contribution in [0.4, 0.5) is 10.6 Å². The average molecular weight is 506 g/mol. The van der Waals surface area contributed by atoms with Gasteiger partial charge in [0.05, 0.1) is 5.52 Å². The summed E-state index contributed by atoms with van der Waals surface area (Å²) in [6, 6.07) is 15.0. The molecule has 0 aliphatic carbocycles. The van der Waals surface area contributed by atoms with Gasteiger partial charge in [-0.2, -0.15) is 5.10 Å². The van der Waals surface area contributed by atoms with Gasteiger partial charge in [-0.15, -0.1) is 0 Å². The molecular weight excluding hydrogens is 466 g/mol. The van der Waals surface area contributed by atoms with Gasteiger partial charge in [0.15, 0.2) is 5.82 Å². The van der Waals surface area contributed by atoms with Gasteiger partial charge < -0.3 is 19.7 Å². The van der Waals surface area contributed by atoms with Crippen LogP contribution in [0.15, 0.2) is 42.5 Å². The predicted molar refractivity (Wildman–Crippen MR) is 147 cm³/mol. The number of carbonyl (C=O) groups is 1. The molecule has 0 bridgehead atoms. The molecule has 2 N–H and O–H groups in total. The van der Waals surface area contributed by atoms with Crippen LogP contribution in [0.2, 0.25) is 0 Å². The lowest BCUT2D eigenvalue weighted by molar-refractivity contribution is 0.0210. The van der Waals surface area contributed by atoms with Gasteiger partial charge in [-0.1, -0.05) is 18.2 Å². The zero-order chi connectivity index (χ0) is 25.8. The van der Waals surface area contributed by atoms with E-state index in [0.717, 1.165) is 59.6 Å². The van der Waals surface area contributed by atoms with E-state index in [1.807, 2.05) is 32.9 Å². The van der Waals surface area contributed by atoms with Crippen LogP contribution in [-0.2, 0) is 4.74 Å². The van der Waals surface area contributed by atoms with Crippen LogP contribution in [0.1, 0.15) is 46.5 Å². The molecule has 2 aliphatic rings. The number of anilines is 1. The number of ether oxygens (including phenoxy) is 2. The summed E-state index contributed by atoms with van der Waals surface area (Å²) in [6.07, 6.45) is 4.10. The van der Waals surface area contributed by atoms with Crippen LogP contribution in [0.5, 0.6) is 5.75 Å². The highest BCUT2D eigenvalue weighted by atomic mass is 16.6. The molecule has 2 saturated heterocycles. The number of hydrogen-bond acceptors (Lipinski definition) is 6. The van der Waals surface area contributed by atoms with Crippen molar-refractivity contribution in [1.82, 2.24) is 20.0 Å². The molecule has 0 radical (unpaired) electrons. The summed E-state index contributed by atoms with van der Waals surface area (Å²) < 4.78 is 11.5. The molecule has 3 aromatic rings. The third-order valence-corrected chi connectivity index (χ3v) is 7.11. The first-order valence-electron chi connectivity index (χ1n) is 13.5. The monoisotopic (exact) mass is 505 g/mol. The Morgan fingerprint density at radius 3 is 2.43 bits per heavy atom. The summed E-state index contributed by atoms with van der Waals surface area (Å²) >= 11 is 0. The van der Waals surface area contributed by atoms with Gasteiger partial charge in [0.1, 0.15) is 18.0 Å². The van der Waals surface area contributed by atoms with Gasteiger partial charge in [-0.25, -0.2) is 4.79 Å². The number of aromatic nitrogens is 2. The van der Waals surface area contributed by atoms with E-state index in [1.165, 1.54) is 25.9 Å². The molecule has 0 spiro atoms. The summed E-state index contributed by atoms with van der Waals surface area (Å²) in [5.41, 5.74) is 2.81. The van der Waals surface area contributed by atoms with E-state index in [9.17, 15) is 4.79 Å². The molecule has 2 fully saturated rings. The minimum absolute atomic E-state index is 0.231. The Morgan fingerprint density at radius 2 is 1.73 bits per heavy atom. The molecule has 8 nitrogen and oxygen atoms in total. The standard InChI is InChI=1S/C29H39N5O3/c1-29(2,3)37-28(35)34-16-12-23(13-17-34)30-27-25-11-8-22(20-26(25)31-32-27)21-6-9-24(10-7-21)36-19-18-33-14-4-5-15-33/h6-11,20,23H,4-5,12-19H2,1-3H3,(H2,30,31,32).